The number of nitrogens with one attached hydrogen (secondary N) is 1. The first-order chi connectivity index (χ1) is 10.3. The van der Waals surface area contributed by atoms with E-state index in [9.17, 15) is 9.59 Å². The summed E-state index contributed by atoms with van der Waals surface area (Å²) in [5.74, 6) is -0.267. The van der Waals surface area contributed by atoms with Crippen molar-refractivity contribution in [2.24, 2.45) is 0 Å². The molecule has 0 spiro atoms. The Morgan fingerprint density at radius 2 is 2.18 bits per heavy atom. The lowest BCUT2D eigenvalue weighted by molar-refractivity contribution is 0.0521. The minimum Gasteiger partial charge on any atom is -0.457 e. The fourth-order valence-corrected chi connectivity index (χ4v) is 2.03. The molecule has 0 saturated carbocycles. The molecule has 22 heavy (non-hydrogen) atoms. The van der Waals surface area contributed by atoms with E-state index in [2.05, 4.69) is 5.32 Å². The first kappa shape index (κ1) is 16.1. The molecule has 0 aromatic heterocycles. The molecule has 0 saturated heterocycles. The highest BCUT2D eigenvalue weighted by Gasteiger charge is 2.20. The smallest absolute Gasteiger partial charge is 0.407 e. The molecular weight excluding hydrogens is 282 g/mol. The molecule has 0 fully saturated rings. The molecule has 0 aliphatic carbocycles. The van der Waals surface area contributed by atoms with Crippen LogP contribution in [0.25, 0.3) is 6.08 Å². The second-order valence-corrected chi connectivity index (χ2v) is 6.11. The number of alkyl carbamates (subject to hydrolysis) is 1. The van der Waals surface area contributed by atoms with Crippen LogP contribution in [0.5, 0.6) is 0 Å². The van der Waals surface area contributed by atoms with E-state index in [0.29, 0.717) is 25.1 Å². The quantitative estimate of drug-likeness (QED) is 0.685. The van der Waals surface area contributed by atoms with Gasteiger partial charge in [-0.25, -0.2) is 9.59 Å². The fraction of sp³-hybridized carbons (Fsp3) is 0.412. The summed E-state index contributed by atoms with van der Waals surface area (Å²) in [6.45, 7) is 6.33. The summed E-state index contributed by atoms with van der Waals surface area (Å²) in [6.07, 6.45) is 4.13. The molecule has 5 nitrogen and oxygen atoms in total. The van der Waals surface area contributed by atoms with Crippen LogP contribution in [0.3, 0.4) is 0 Å². The zero-order chi connectivity index (χ0) is 16.2. The van der Waals surface area contributed by atoms with Crippen LogP contribution in [0.4, 0.5) is 4.79 Å². The summed E-state index contributed by atoms with van der Waals surface area (Å²) in [5, 5.41) is 2.69. The van der Waals surface area contributed by atoms with Crippen LogP contribution >= 0.6 is 0 Å². The maximum absolute atomic E-state index is 11.5. The molecule has 1 aliphatic rings. The summed E-state index contributed by atoms with van der Waals surface area (Å²) >= 11 is 0. The van der Waals surface area contributed by atoms with E-state index in [1.165, 1.54) is 0 Å². The Morgan fingerprint density at radius 3 is 2.91 bits per heavy atom. The first-order valence-electron chi connectivity index (χ1n) is 7.28. The van der Waals surface area contributed by atoms with Crippen molar-refractivity contribution in [1.29, 1.82) is 0 Å². The van der Waals surface area contributed by atoms with Gasteiger partial charge < -0.3 is 14.8 Å². The maximum atomic E-state index is 11.5. The zero-order valence-electron chi connectivity index (χ0n) is 13.1. The van der Waals surface area contributed by atoms with Crippen LogP contribution in [-0.2, 0) is 16.1 Å². The predicted molar refractivity (Wildman–Crippen MR) is 83.4 cm³/mol. The molecule has 1 aromatic rings. The summed E-state index contributed by atoms with van der Waals surface area (Å²) in [5.41, 5.74) is 2.01. The van der Waals surface area contributed by atoms with E-state index >= 15 is 0 Å². The number of rotatable bonds is 4. The molecule has 0 atom stereocenters. The van der Waals surface area contributed by atoms with Crippen LogP contribution in [0.1, 0.15) is 48.7 Å². The van der Waals surface area contributed by atoms with Gasteiger partial charge in [0.25, 0.3) is 0 Å². The van der Waals surface area contributed by atoms with Gasteiger partial charge in [0.1, 0.15) is 12.2 Å². The fourth-order valence-electron chi connectivity index (χ4n) is 2.03. The normalized spacial score (nSPS) is 13.9. The predicted octanol–water partition coefficient (Wildman–Crippen LogP) is 3.29. The highest BCUT2D eigenvalue weighted by Crippen LogP contribution is 2.21. The van der Waals surface area contributed by atoms with Gasteiger partial charge in [-0.15, -0.1) is 0 Å². The lowest BCUT2D eigenvalue weighted by atomic mass is 10.1. The number of cyclic esters (lactones) is 1. The Morgan fingerprint density at radius 1 is 1.41 bits per heavy atom. The molecule has 5 heteroatoms. The summed E-state index contributed by atoms with van der Waals surface area (Å²) in [6, 6.07) is 5.67. The topological polar surface area (TPSA) is 64.6 Å². The van der Waals surface area contributed by atoms with Crippen LogP contribution in [-0.4, -0.2) is 24.2 Å². The van der Waals surface area contributed by atoms with E-state index in [1.807, 2.05) is 51.1 Å². The van der Waals surface area contributed by atoms with Gasteiger partial charge in [-0.2, -0.15) is 0 Å². The van der Waals surface area contributed by atoms with Gasteiger partial charge in [0, 0.05) is 12.1 Å². The van der Waals surface area contributed by atoms with Crippen molar-refractivity contribution in [3.8, 4) is 0 Å². The molecule has 0 radical (unpaired) electrons. The number of carbonyl (C=O) groups excluding carboxylic acids is 2. The van der Waals surface area contributed by atoms with Crippen LogP contribution in [0, 0.1) is 0 Å². The highest BCUT2D eigenvalue weighted by atomic mass is 16.6. The zero-order valence-corrected chi connectivity index (χ0v) is 13.1. The number of benzene rings is 1. The molecule has 1 aromatic carbocycles. The molecule has 1 heterocycles. The van der Waals surface area contributed by atoms with E-state index in [0.717, 1.165) is 11.1 Å². The summed E-state index contributed by atoms with van der Waals surface area (Å²) < 4.78 is 10.1. The lowest BCUT2D eigenvalue weighted by Crippen LogP contribution is -2.32. The Hall–Kier alpha value is -2.30. The first-order valence-corrected chi connectivity index (χ1v) is 7.28. The number of carbonyl (C=O) groups is 2. The summed E-state index contributed by atoms with van der Waals surface area (Å²) in [4.78, 5) is 22.9. The average molecular weight is 303 g/mol. The largest absolute Gasteiger partial charge is 0.457 e. The Bertz CT molecular complexity index is 599. The second kappa shape index (κ2) is 6.64. The molecule has 0 unspecified atom stereocenters. The van der Waals surface area contributed by atoms with Crippen molar-refractivity contribution in [3.05, 3.63) is 41.0 Å². The van der Waals surface area contributed by atoms with Gasteiger partial charge >= 0.3 is 12.1 Å². The van der Waals surface area contributed by atoms with Gasteiger partial charge in [-0.3, -0.25) is 0 Å². The van der Waals surface area contributed by atoms with Crippen molar-refractivity contribution >= 4 is 18.1 Å². The Labute approximate surface area is 130 Å². The lowest BCUT2D eigenvalue weighted by Gasteiger charge is -2.19. The van der Waals surface area contributed by atoms with Crippen molar-refractivity contribution in [1.82, 2.24) is 5.32 Å². The number of fused-ring (bicyclic) bond motifs is 1. The van der Waals surface area contributed by atoms with Crippen LogP contribution in [0.2, 0.25) is 0 Å². The van der Waals surface area contributed by atoms with Gasteiger partial charge in [0.05, 0.1) is 5.56 Å². The van der Waals surface area contributed by atoms with Gasteiger partial charge in [0.15, 0.2) is 0 Å². The van der Waals surface area contributed by atoms with Crippen molar-refractivity contribution in [3.63, 3.8) is 0 Å². The minimum absolute atomic E-state index is 0.267. The molecule has 1 amide bonds. The minimum atomic E-state index is -0.487. The van der Waals surface area contributed by atoms with E-state index < -0.39 is 11.7 Å². The molecular formula is C17H21NO4. The van der Waals surface area contributed by atoms with Gasteiger partial charge in [0.2, 0.25) is 0 Å². The van der Waals surface area contributed by atoms with E-state index in [1.54, 1.807) is 0 Å². The molecule has 118 valence electrons. The molecule has 1 aliphatic heterocycles. The van der Waals surface area contributed by atoms with E-state index in [-0.39, 0.29) is 5.97 Å². The Balaban J connectivity index is 1.78. The molecule has 0 bridgehead atoms. The highest BCUT2D eigenvalue weighted by molar-refractivity contribution is 5.94. The standard InChI is InChI=1S/C17H21NO4/c1-17(2,3)22-16(20)18-9-5-4-6-12-7-8-13-11-21-15(19)14(13)10-12/h4,6-8,10H,5,9,11H2,1-3H3,(H,18,20). The van der Waals surface area contributed by atoms with Gasteiger partial charge in [-0.1, -0.05) is 24.3 Å². The third kappa shape index (κ3) is 4.62. The van der Waals surface area contributed by atoms with Crippen LogP contribution < -0.4 is 5.32 Å². The van der Waals surface area contributed by atoms with Crippen LogP contribution in [0.15, 0.2) is 24.3 Å². The maximum Gasteiger partial charge on any atom is 0.407 e. The average Bonchev–Trinajstić information content (AvgIpc) is 2.78. The molecule has 2 rings (SSSR count). The second-order valence-electron chi connectivity index (χ2n) is 6.11. The molecule has 1 N–H and O–H groups in total. The van der Waals surface area contributed by atoms with Crippen molar-refractivity contribution in [2.75, 3.05) is 6.54 Å². The third-order valence-electron chi connectivity index (χ3n) is 3.00. The SMILES string of the molecule is CC(C)(C)OC(=O)NCCC=Cc1ccc2c(c1)C(=O)OC2. The number of esters is 1. The van der Waals surface area contributed by atoms with Gasteiger partial charge in [-0.05, 0) is 38.8 Å². The number of hydrogen-bond acceptors (Lipinski definition) is 4. The number of hydrogen-bond donors (Lipinski definition) is 1. The Kier molecular flexibility index (Phi) is 4.85. The number of ether oxygens (including phenoxy) is 2. The van der Waals surface area contributed by atoms with Crippen molar-refractivity contribution < 1.29 is 19.1 Å². The van der Waals surface area contributed by atoms with E-state index in [4.69, 9.17) is 9.47 Å². The monoisotopic (exact) mass is 303 g/mol. The summed E-state index contributed by atoms with van der Waals surface area (Å²) in [7, 11) is 0. The third-order valence-corrected chi connectivity index (χ3v) is 3.00. The van der Waals surface area contributed by atoms with Crippen molar-refractivity contribution in [2.45, 2.75) is 39.4 Å². The number of amides is 1.